The first-order chi connectivity index (χ1) is 9.63. The van der Waals surface area contributed by atoms with Gasteiger partial charge in [0.05, 0.1) is 7.11 Å². The highest BCUT2D eigenvalue weighted by atomic mass is 79.9. The number of hydrogen-bond acceptors (Lipinski definition) is 2. The molecule has 0 aliphatic heterocycles. The summed E-state index contributed by atoms with van der Waals surface area (Å²) in [5.41, 5.74) is 1.70. The minimum atomic E-state index is -0.271. The fraction of sp³-hybridized carbons (Fsp3) is 0.200. The SMILES string of the molecule is COc1ccc(Br)cc1COc1ccc(F)cc1CBr. The second-order valence-electron chi connectivity index (χ2n) is 4.13. The lowest BCUT2D eigenvalue weighted by atomic mass is 10.2. The van der Waals surface area contributed by atoms with E-state index >= 15 is 0 Å². The van der Waals surface area contributed by atoms with Gasteiger partial charge in [-0.1, -0.05) is 31.9 Å². The molecule has 2 nitrogen and oxygen atoms in total. The molecule has 0 aromatic heterocycles. The van der Waals surface area contributed by atoms with Crippen LogP contribution in [-0.4, -0.2) is 7.11 Å². The summed E-state index contributed by atoms with van der Waals surface area (Å²) >= 11 is 6.75. The number of rotatable bonds is 5. The Bertz CT molecular complexity index is 602. The average Bonchev–Trinajstić information content (AvgIpc) is 2.46. The maximum absolute atomic E-state index is 13.2. The van der Waals surface area contributed by atoms with Gasteiger partial charge in [0.1, 0.15) is 23.9 Å². The molecular weight excluding hydrogens is 391 g/mol. The zero-order valence-electron chi connectivity index (χ0n) is 10.8. The predicted molar refractivity (Wildman–Crippen MR) is 84.1 cm³/mol. The monoisotopic (exact) mass is 402 g/mol. The second kappa shape index (κ2) is 7.09. The van der Waals surface area contributed by atoms with E-state index in [0.29, 0.717) is 17.7 Å². The summed E-state index contributed by atoms with van der Waals surface area (Å²) in [4.78, 5) is 0. The summed E-state index contributed by atoms with van der Waals surface area (Å²) in [6, 6.07) is 10.2. The van der Waals surface area contributed by atoms with Crippen molar-refractivity contribution in [2.45, 2.75) is 11.9 Å². The van der Waals surface area contributed by atoms with Crippen molar-refractivity contribution in [3.05, 3.63) is 57.8 Å². The Morgan fingerprint density at radius 1 is 1.05 bits per heavy atom. The average molecular weight is 404 g/mol. The van der Waals surface area contributed by atoms with Crippen LogP contribution in [0, 0.1) is 5.82 Å². The summed E-state index contributed by atoms with van der Waals surface area (Å²) in [6.45, 7) is 0.355. The van der Waals surface area contributed by atoms with E-state index in [4.69, 9.17) is 9.47 Å². The molecular formula is C15H13Br2FO2. The lowest BCUT2D eigenvalue weighted by Crippen LogP contribution is -2.00. The number of ether oxygens (including phenoxy) is 2. The van der Waals surface area contributed by atoms with Crippen LogP contribution in [0.5, 0.6) is 11.5 Å². The minimum absolute atomic E-state index is 0.271. The lowest BCUT2D eigenvalue weighted by molar-refractivity contribution is 0.294. The van der Waals surface area contributed by atoms with Crippen LogP contribution < -0.4 is 9.47 Å². The maximum Gasteiger partial charge on any atom is 0.125 e. The van der Waals surface area contributed by atoms with Gasteiger partial charge in [0.25, 0.3) is 0 Å². The predicted octanol–water partition coefficient (Wildman–Crippen LogP) is 5.07. The first kappa shape index (κ1) is 15.3. The van der Waals surface area contributed by atoms with E-state index in [1.807, 2.05) is 18.2 Å². The summed E-state index contributed by atoms with van der Waals surface area (Å²) in [7, 11) is 1.62. The molecule has 0 heterocycles. The molecule has 0 aliphatic carbocycles. The Morgan fingerprint density at radius 2 is 1.80 bits per heavy atom. The van der Waals surface area contributed by atoms with Gasteiger partial charge >= 0.3 is 0 Å². The molecule has 0 fully saturated rings. The van der Waals surface area contributed by atoms with Crippen molar-refractivity contribution in [3.63, 3.8) is 0 Å². The molecule has 2 aromatic carbocycles. The minimum Gasteiger partial charge on any atom is -0.496 e. The molecule has 20 heavy (non-hydrogen) atoms. The van der Waals surface area contributed by atoms with Crippen LogP contribution in [0.4, 0.5) is 4.39 Å². The van der Waals surface area contributed by atoms with Crippen molar-refractivity contribution in [1.82, 2.24) is 0 Å². The largest absolute Gasteiger partial charge is 0.496 e. The summed E-state index contributed by atoms with van der Waals surface area (Å²) in [6.07, 6.45) is 0. The van der Waals surface area contributed by atoms with E-state index in [-0.39, 0.29) is 5.82 Å². The molecule has 0 bridgehead atoms. The molecule has 0 amide bonds. The molecule has 0 radical (unpaired) electrons. The smallest absolute Gasteiger partial charge is 0.125 e. The molecule has 0 saturated carbocycles. The Balaban J connectivity index is 2.18. The zero-order valence-corrected chi connectivity index (χ0v) is 14.0. The van der Waals surface area contributed by atoms with Crippen LogP contribution in [0.3, 0.4) is 0 Å². The summed E-state index contributed by atoms with van der Waals surface area (Å²) in [5, 5.41) is 0.537. The first-order valence-electron chi connectivity index (χ1n) is 5.93. The molecule has 2 aromatic rings. The van der Waals surface area contributed by atoms with Gasteiger partial charge in [-0.05, 0) is 36.4 Å². The summed E-state index contributed by atoms with van der Waals surface area (Å²) in [5.74, 6) is 1.15. The third-order valence-corrected chi connectivity index (χ3v) is 3.89. The van der Waals surface area contributed by atoms with Crippen molar-refractivity contribution in [3.8, 4) is 11.5 Å². The highest BCUT2D eigenvalue weighted by Crippen LogP contribution is 2.27. The van der Waals surface area contributed by atoms with E-state index in [1.165, 1.54) is 12.1 Å². The van der Waals surface area contributed by atoms with Crippen LogP contribution in [0.25, 0.3) is 0 Å². The first-order valence-corrected chi connectivity index (χ1v) is 7.85. The Labute approximate surface area is 134 Å². The van der Waals surface area contributed by atoms with Crippen molar-refractivity contribution in [2.75, 3.05) is 7.11 Å². The fourth-order valence-corrected chi connectivity index (χ4v) is 2.66. The Kier molecular flexibility index (Phi) is 5.43. The van der Waals surface area contributed by atoms with Gasteiger partial charge in [-0.25, -0.2) is 4.39 Å². The van der Waals surface area contributed by atoms with Gasteiger partial charge < -0.3 is 9.47 Å². The van der Waals surface area contributed by atoms with E-state index in [2.05, 4.69) is 31.9 Å². The van der Waals surface area contributed by atoms with E-state index in [0.717, 1.165) is 21.3 Å². The van der Waals surface area contributed by atoms with Crippen LogP contribution in [0.1, 0.15) is 11.1 Å². The molecule has 0 atom stereocenters. The normalized spacial score (nSPS) is 10.4. The van der Waals surface area contributed by atoms with Crippen molar-refractivity contribution in [2.24, 2.45) is 0 Å². The van der Waals surface area contributed by atoms with Crippen LogP contribution in [-0.2, 0) is 11.9 Å². The molecule has 0 unspecified atom stereocenters. The second-order valence-corrected chi connectivity index (χ2v) is 5.61. The molecule has 5 heteroatoms. The molecule has 2 rings (SSSR count). The third kappa shape index (κ3) is 3.73. The molecule has 0 saturated heterocycles. The van der Waals surface area contributed by atoms with Crippen LogP contribution >= 0.6 is 31.9 Å². The van der Waals surface area contributed by atoms with Gasteiger partial charge in [0, 0.05) is 20.9 Å². The van der Waals surface area contributed by atoms with Crippen molar-refractivity contribution < 1.29 is 13.9 Å². The van der Waals surface area contributed by atoms with Gasteiger partial charge in [0.2, 0.25) is 0 Å². The van der Waals surface area contributed by atoms with Gasteiger partial charge in [-0.2, -0.15) is 0 Å². The molecule has 0 N–H and O–H groups in total. The zero-order chi connectivity index (χ0) is 14.5. The standard InChI is InChI=1S/C15H13Br2FO2/c1-19-14-4-2-12(17)6-11(14)9-20-15-5-3-13(18)7-10(15)8-16/h2-7H,8-9H2,1H3. The number of benzene rings is 2. The van der Waals surface area contributed by atoms with E-state index in [9.17, 15) is 4.39 Å². The summed E-state index contributed by atoms with van der Waals surface area (Å²) < 4.78 is 25.2. The van der Waals surface area contributed by atoms with Gasteiger partial charge in [-0.3, -0.25) is 0 Å². The van der Waals surface area contributed by atoms with Gasteiger partial charge in [0.15, 0.2) is 0 Å². The lowest BCUT2D eigenvalue weighted by Gasteiger charge is -2.13. The molecule has 0 aliphatic rings. The number of hydrogen-bond donors (Lipinski definition) is 0. The van der Waals surface area contributed by atoms with Crippen LogP contribution in [0.15, 0.2) is 40.9 Å². The molecule has 0 spiro atoms. The van der Waals surface area contributed by atoms with Crippen molar-refractivity contribution in [1.29, 1.82) is 0 Å². The fourth-order valence-electron chi connectivity index (χ4n) is 1.81. The highest BCUT2D eigenvalue weighted by molar-refractivity contribution is 9.10. The Hall–Kier alpha value is -1.07. The van der Waals surface area contributed by atoms with E-state index < -0.39 is 0 Å². The Morgan fingerprint density at radius 3 is 2.50 bits per heavy atom. The van der Waals surface area contributed by atoms with Crippen LogP contribution in [0.2, 0.25) is 0 Å². The molecule has 106 valence electrons. The quantitative estimate of drug-likeness (QED) is 0.648. The third-order valence-electron chi connectivity index (χ3n) is 2.79. The van der Waals surface area contributed by atoms with Gasteiger partial charge in [-0.15, -0.1) is 0 Å². The topological polar surface area (TPSA) is 18.5 Å². The highest BCUT2D eigenvalue weighted by Gasteiger charge is 2.08. The van der Waals surface area contributed by atoms with Crippen molar-refractivity contribution >= 4 is 31.9 Å². The maximum atomic E-state index is 13.2. The number of methoxy groups -OCH3 is 1. The van der Waals surface area contributed by atoms with E-state index in [1.54, 1.807) is 13.2 Å². The number of halogens is 3. The number of alkyl halides is 1.